The fourth-order valence-corrected chi connectivity index (χ4v) is 3.04. The summed E-state index contributed by atoms with van der Waals surface area (Å²) in [6, 6.07) is 3.41. The zero-order valence-corrected chi connectivity index (χ0v) is 14.6. The van der Waals surface area contributed by atoms with Gasteiger partial charge in [-0.2, -0.15) is 0 Å². The van der Waals surface area contributed by atoms with Gasteiger partial charge in [0.1, 0.15) is 0 Å². The number of ether oxygens (including phenoxy) is 1. The van der Waals surface area contributed by atoms with Crippen molar-refractivity contribution in [1.29, 1.82) is 0 Å². The maximum absolute atomic E-state index is 12.4. The normalized spacial score (nSPS) is 10.8. The second-order valence-corrected chi connectivity index (χ2v) is 6.11. The molecule has 1 N–H and O–H groups in total. The number of Topliss-reactive ketones (excluding diaryl/α,β-unsaturated/α-hetero) is 1. The number of H-pyrrole nitrogens is 1. The number of carbonyl (C=O) groups excluding carboxylic acids is 2. The number of ketones is 1. The predicted molar refractivity (Wildman–Crippen MR) is 88.7 cm³/mol. The molecule has 0 radical (unpaired) electrons. The number of thioether (sulfide) groups is 1. The van der Waals surface area contributed by atoms with Crippen LogP contribution in [0.3, 0.4) is 0 Å². The molecule has 0 aliphatic rings. The van der Waals surface area contributed by atoms with Gasteiger partial charge in [0, 0.05) is 5.69 Å². The van der Waals surface area contributed by atoms with Gasteiger partial charge < -0.3 is 18.6 Å². The lowest BCUT2D eigenvalue weighted by Crippen LogP contribution is -2.07. The Bertz CT molecular complexity index is 911. The molecule has 0 saturated heterocycles. The molecule has 9 heteroatoms. The van der Waals surface area contributed by atoms with Crippen LogP contribution in [-0.4, -0.2) is 39.8 Å². The molecule has 3 aromatic heterocycles. The first-order valence-corrected chi connectivity index (χ1v) is 8.30. The number of nitrogens with one attached hydrogen (secondary N) is 1. The molecular weight excluding hydrogens is 346 g/mol. The number of methoxy groups -OCH3 is 1. The van der Waals surface area contributed by atoms with Gasteiger partial charge in [-0.1, -0.05) is 11.8 Å². The summed E-state index contributed by atoms with van der Waals surface area (Å²) in [5.74, 6) is 0.141. The second kappa shape index (κ2) is 6.98. The number of hydrogen-bond donors (Lipinski definition) is 1. The molecule has 130 valence electrons. The largest absolute Gasteiger partial charge is 0.465 e. The van der Waals surface area contributed by atoms with E-state index in [1.54, 1.807) is 26.0 Å². The first-order chi connectivity index (χ1) is 12.0. The Morgan fingerprint density at radius 3 is 2.80 bits per heavy atom. The number of aryl methyl sites for hydroxylation is 1. The van der Waals surface area contributed by atoms with E-state index in [2.05, 4.69) is 15.2 Å². The highest BCUT2D eigenvalue weighted by atomic mass is 32.2. The summed E-state index contributed by atoms with van der Waals surface area (Å²) in [7, 11) is 1.30. The summed E-state index contributed by atoms with van der Waals surface area (Å²) in [6.45, 7) is 3.42. The Kier molecular flexibility index (Phi) is 4.75. The van der Waals surface area contributed by atoms with Crippen molar-refractivity contribution < 1.29 is 23.2 Å². The van der Waals surface area contributed by atoms with E-state index < -0.39 is 5.97 Å². The molecule has 0 amide bonds. The van der Waals surface area contributed by atoms with Gasteiger partial charge in [-0.05, 0) is 31.5 Å². The number of rotatable bonds is 6. The van der Waals surface area contributed by atoms with E-state index in [0.29, 0.717) is 28.3 Å². The zero-order valence-electron chi connectivity index (χ0n) is 13.8. The molecule has 0 aromatic carbocycles. The highest BCUT2D eigenvalue weighted by molar-refractivity contribution is 7.99. The Balaban J connectivity index is 1.70. The van der Waals surface area contributed by atoms with Crippen molar-refractivity contribution in [2.24, 2.45) is 0 Å². The Morgan fingerprint density at radius 2 is 2.12 bits per heavy atom. The summed E-state index contributed by atoms with van der Waals surface area (Å²) in [5, 5.41) is 8.00. The van der Waals surface area contributed by atoms with Gasteiger partial charge in [-0.15, -0.1) is 10.2 Å². The number of furan rings is 1. The number of hydrogen-bond acceptors (Lipinski definition) is 8. The van der Waals surface area contributed by atoms with Crippen LogP contribution in [-0.2, 0) is 4.74 Å². The van der Waals surface area contributed by atoms with E-state index >= 15 is 0 Å². The van der Waals surface area contributed by atoms with Crippen LogP contribution in [0.25, 0.3) is 11.7 Å². The van der Waals surface area contributed by atoms with Gasteiger partial charge in [0.25, 0.3) is 11.1 Å². The molecule has 3 heterocycles. The maximum Gasteiger partial charge on any atom is 0.339 e. The van der Waals surface area contributed by atoms with Crippen LogP contribution < -0.4 is 0 Å². The number of aromatic nitrogens is 3. The van der Waals surface area contributed by atoms with Crippen LogP contribution in [0.15, 0.2) is 32.5 Å². The third-order valence-corrected chi connectivity index (χ3v) is 4.39. The SMILES string of the molecule is COC(=O)c1c(C)[nH]c(C(=O)CSc2nnc(-c3ccco3)o2)c1C. The van der Waals surface area contributed by atoms with E-state index in [1.165, 1.54) is 13.4 Å². The number of esters is 1. The van der Waals surface area contributed by atoms with Crippen LogP contribution >= 0.6 is 11.8 Å². The summed E-state index contributed by atoms with van der Waals surface area (Å²) >= 11 is 1.11. The van der Waals surface area contributed by atoms with Gasteiger partial charge in [-0.3, -0.25) is 4.79 Å². The van der Waals surface area contributed by atoms with E-state index in [0.717, 1.165) is 11.8 Å². The van der Waals surface area contributed by atoms with Crippen molar-refractivity contribution in [3.63, 3.8) is 0 Å². The minimum Gasteiger partial charge on any atom is -0.465 e. The molecule has 0 saturated carbocycles. The van der Waals surface area contributed by atoms with Crippen molar-refractivity contribution >= 4 is 23.5 Å². The van der Waals surface area contributed by atoms with Gasteiger partial charge in [-0.25, -0.2) is 4.79 Å². The Labute approximate surface area is 147 Å². The van der Waals surface area contributed by atoms with Gasteiger partial charge >= 0.3 is 5.97 Å². The summed E-state index contributed by atoms with van der Waals surface area (Å²) in [6.07, 6.45) is 1.51. The van der Waals surface area contributed by atoms with Crippen molar-refractivity contribution in [1.82, 2.24) is 15.2 Å². The minimum absolute atomic E-state index is 0.0845. The first-order valence-electron chi connectivity index (χ1n) is 7.32. The van der Waals surface area contributed by atoms with Crippen LogP contribution in [0.5, 0.6) is 0 Å². The topological polar surface area (TPSA) is 111 Å². The summed E-state index contributed by atoms with van der Waals surface area (Å²) in [4.78, 5) is 27.2. The zero-order chi connectivity index (χ0) is 18.0. The van der Waals surface area contributed by atoms with E-state index in [-0.39, 0.29) is 22.6 Å². The van der Waals surface area contributed by atoms with Crippen LogP contribution in [0, 0.1) is 13.8 Å². The lowest BCUT2D eigenvalue weighted by Gasteiger charge is -2.00. The standard InChI is InChI=1S/C16H15N3O5S/c1-8-12(15(21)22-3)9(2)17-13(8)10(20)7-25-16-19-18-14(24-16)11-5-4-6-23-11/h4-6,17H,7H2,1-3H3. The minimum atomic E-state index is -0.474. The summed E-state index contributed by atoms with van der Waals surface area (Å²) < 4.78 is 15.4. The van der Waals surface area contributed by atoms with Gasteiger partial charge in [0.15, 0.2) is 11.5 Å². The molecule has 0 fully saturated rings. The maximum atomic E-state index is 12.4. The number of nitrogens with zero attached hydrogens (tertiary/aromatic N) is 2. The Hall–Kier alpha value is -2.81. The first kappa shape index (κ1) is 17.0. The van der Waals surface area contributed by atoms with Crippen LogP contribution in [0.1, 0.15) is 32.1 Å². The average molecular weight is 361 g/mol. The third-order valence-electron chi connectivity index (χ3n) is 3.57. The highest BCUT2D eigenvalue weighted by Crippen LogP contribution is 2.25. The molecule has 0 bridgehead atoms. The molecule has 0 spiro atoms. The lowest BCUT2D eigenvalue weighted by molar-refractivity contribution is 0.0599. The molecule has 0 aliphatic carbocycles. The van der Waals surface area contributed by atoms with E-state index in [9.17, 15) is 9.59 Å². The molecule has 0 atom stereocenters. The number of carbonyl (C=O) groups is 2. The molecule has 3 aromatic rings. The van der Waals surface area contributed by atoms with Crippen LogP contribution in [0.2, 0.25) is 0 Å². The third kappa shape index (κ3) is 3.36. The predicted octanol–water partition coefficient (Wildman–Crippen LogP) is 3.04. The molecule has 0 aliphatic heterocycles. The molecule has 3 rings (SSSR count). The Morgan fingerprint density at radius 1 is 1.32 bits per heavy atom. The van der Waals surface area contributed by atoms with Crippen molar-refractivity contribution in [3.05, 3.63) is 40.9 Å². The van der Waals surface area contributed by atoms with Crippen LogP contribution in [0.4, 0.5) is 0 Å². The van der Waals surface area contributed by atoms with E-state index in [4.69, 9.17) is 13.6 Å². The number of aromatic amines is 1. The van der Waals surface area contributed by atoms with Crippen molar-refractivity contribution in [2.75, 3.05) is 12.9 Å². The van der Waals surface area contributed by atoms with Gasteiger partial charge in [0.2, 0.25) is 0 Å². The summed E-state index contributed by atoms with van der Waals surface area (Å²) in [5.41, 5.74) is 1.91. The second-order valence-electron chi connectivity index (χ2n) is 5.18. The van der Waals surface area contributed by atoms with Crippen molar-refractivity contribution in [3.8, 4) is 11.7 Å². The highest BCUT2D eigenvalue weighted by Gasteiger charge is 2.23. The van der Waals surface area contributed by atoms with Crippen molar-refractivity contribution in [2.45, 2.75) is 19.1 Å². The smallest absolute Gasteiger partial charge is 0.339 e. The quantitative estimate of drug-likeness (QED) is 0.405. The average Bonchev–Trinajstić information content (AvgIpc) is 3.32. The molecular formula is C16H15N3O5S. The molecule has 0 unspecified atom stereocenters. The molecule has 8 nitrogen and oxygen atoms in total. The lowest BCUT2D eigenvalue weighted by atomic mass is 10.1. The monoisotopic (exact) mass is 361 g/mol. The molecule has 25 heavy (non-hydrogen) atoms. The van der Waals surface area contributed by atoms with Gasteiger partial charge in [0.05, 0.1) is 30.4 Å². The van der Waals surface area contributed by atoms with E-state index in [1.807, 2.05) is 0 Å². The fraction of sp³-hybridized carbons (Fsp3) is 0.250. The fourth-order valence-electron chi connectivity index (χ4n) is 2.40.